The zero-order chi connectivity index (χ0) is 17.2. The van der Waals surface area contributed by atoms with Crippen LogP contribution in [0, 0.1) is 0 Å². The molecule has 3 aromatic rings. The van der Waals surface area contributed by atoms with E-state index in [1.54, 1.807) is 18.2 Å². The number of benzene rings is 2. The van der Waals surface area contributed by atoms with Crippen LogP contribution in [-0.2, 0) is 19.4 Å². The molecule has 0 radical (unpaired) electrons. The molecule has 2 aromatic carbocycles. The molecule has 1 aliphatic heterocycles. The molecule has 0 spiro atoms. The van der Waals surface area contributed by atoms with Gasteiger partial charge in [-0.3, -0.25) is 4.79 Å². The Labute approximate surface area is 147 Å². The fourth-order valence-electron chi connectivity index (χ4n) is 3.89. The quantitative estimate of drug-likeness (QED) is 0.718. The number of hydrogen-bond acceptors (Lipinski definition) is 2. The van der Waals surface area contributed by atoms with Crippen molar-refractivity contribution in [2.45, 2.75) is 32.2 Å². The van der Waals surface area contributed by atoms with E-state index in [4.69, 9.17) is 5.73 Å². The molecule has 25 heavy (non-hydrogen) atoms. The number of amides is 1. The lowest BCUT2D eigenvalue weighted by atomic mass is 10.0. The fourth-order valence-corrected chi connectivity index (χ4v) is 3.89. The SMILES string of the molecule is Nc1cccc(C(=O)NCCc2c3n(c4ccccc24)CCCC3)c1. The maximum absolute atomic E-state index is 12.3. The molecule has 0 saturated heterocycles. The van der Waals surface area contributed by atoms with Crippen LogP contribution in [0.5, 0.6) is 0 Å². The second-order valence-electron chi connectivity index (χ2n) is 6.68. The molecule has 4 rings (SSSR count). The Morgan fingerprint density at radius 2 is 2.00 bits per heavy atom. The number of nitrogens with zero attached hydrogens (tertiary/aromatic N) is 1. The summed E-state index contributed by atoms with van der Waals surface area (Å²) in [4.78, 5) is 12.3. The van der Waals surface area contributed by atoms with Gasteiger partial charge in [-0.2, -0.15) is 0 Å². The first-order valence-corrected chi connectivity index (χ1v) is 8.97. The maximum atomic E-state index is 12.3. The van der Waals surface area contributed by atoms with Crippen LogP contribution >= 0.6 is 0 Å². The largest absolute Gasteiger partial charge is 0.399 e. The van der Waals surface area contributed by atoms with Crippen LogP contribution in [0.2, 0.25) is 0 Å². The van der Waals surface area contributed by atoms with Crippen LogP contribution in [0.25, 0.3) is 10.9 Å². The van der Waals surface area contributed by atoms with Gasteiger partial charge in [0.1, 0.15) is 0 Å². The maximum Gasteiger partial charge on any atom is 0.251 e. The first kappa shape index (κ1) is 15.8. The Hall–Kier alpha value is -2.75. The second kappa shape index (κ2) is 6.63. The molecule has 1 amide bonds. The van der Waals surface area contributed by atoms with Gasteiger partial charge in [0.2, 0.25) is 0 Å². The van der Waals surface area contributed by atoms with E-state index in [0.29, 0.717) is 17.8 Å². The molecule has 3 N–H and O–H groups in total. The topological polar surface area (TPSA) is 60.1 Å². The van der Waals surface area contributed by atoms with Crippen molar-refractivity contribution in [3.63, 3.8) is 0 Å². The van der Waals surface area contributed by atoms with Gasteiger partial charge in [0.15, 0.2) is 0 Å². The minimum atomic E-state index is -0.0651. The highest BCUT2D eigenvalue weighted by Crippen LogP contribution is 2.30. The van der Waals surface area contributed by atoms with Crippen molar-refractivity contribution in [1.82, 2.24) is 9.88 Å². The van der Waals surface area contributed by atoms with Crippen molar-refractivity contribution >= 4 is 22.5 Å². The monoisotopic (exact) mass is 333 g/mol. The smallest absolute Gasteiger partial charge is 0.251 e. The molecular formula is C21H23N3O. The van der Waals surface area contributed by atoms with Crippen molar-refractivity contribution in [3.05, 3.63) is 65.4 Å². The number of para-hydroxylation sites is 1. The van der Waals surface area contributed by atoms with E-state index in [-0.39, 0.29) is 5.91 Å². The number of nitrogens with one attached hydrogen (secondary N) is 1. The Morgan fingerprint density at radius 1 is 1.12 bits per heavy atom. The molecule has 4 heteroatoms. The van der Waals surface area contributed by atoms with Crippen LogP contribution in [0.15, 0.2) is 48.5 Å². The van der Waals surface area contributed by atoms with Crippen molar-refractivity contribution in [2.24, 2.45) is 0 Å². The highest BCUT2D eigenvalue weighted by atomic mass is 16.1. The molecule has 4 nitrogen and oxygen atoms in total. The zero-order valence-electron chi connectivity index (χ0n) is 14.3. The van der Waals surface area contributed by atoms with E-state index in [9.17, 15) is 4.79 Å². The highest BCUT2D eigenvalue weighted by molar-refractivity contribution is 5.95. The third-order valence-corrected chi connectivity index (χ3v) is 5.05. The molecule has 128 valence electrons. The van der Waals surface area contributed by atoms with Gasteiger partial charge in [-0.15, -0.1) is 0 Å². The standard InChI is InChI=1S/C21H23N3O/c22-16-7-5-6-15(14-16)21(25)23-12-11-18-17-8-1-2-9-19(17)24-13-4-3-10-20(18)24/h1-2,5-9,14H,3-4,10-13,22H2,(H,23,25). The number of carbonyl (C=O) groups excluding carboxylic acids is 1. The number of hydrogen-bond donors (Lipinski definition) is 2. The van der Waals surface area contributed by atoms with Crippen molar-refractivity contribution in [1.29, 1.82) is 0 Å². The molecule has 1 aliphatic rings. The number of rotatable bonds is 4. The number of anilines is 1. The van der Waals surface area contributed by atoms with Gasteiger partial charge in [0.05, 0.1) is 0 Å². The van der Waals surface area contributed by atoms with Gasteiger partial charge < -0.3 is 15.6 Å². The lowest BCUT2D eigenvalue weighted by Crippen LogP contribution is -2.26. The normalized spacial score (nSPS) is 13.6. The van der Waals surface area contributed by atoms with Crippen molar-refractivity contribution < 1.29 is 4.79 Å². The minimum Gasteiger partial charge on any atom is -0.399 e. The molecule has 2 heterocycles. The van der Waals surface area contributed by atoms with Crippen molar-refractivity contribution in [3.8, 4) is 0 Å². The summed E-state index contributed by atoms with van der Waals surface area (Å²) < 4.78 is 2.47. The Bertz CT molecular complexity index is 926. The average molecular weight is 333 g/mol. The van der Waals surface area contributed by atoms with E-state index >= 15 is 0 Å². The number of nitrogen functional groups attached to an aromatic ring is 1. The third kappa shape index (κ3) is 3.00. The lowest BCUT2D eigenvalue weighted by molar-refractivity contribution is 0.0954. The summed E-state index contributed by atoms with van der Waals surface area (Å²) >= 11 is 0. The molecular weight excluding hydrogens is 310 g/mol. The highest BCUT2D eigenvalue weighted by Gasteiger charge is 2.19. The predicted molar refractivity (Wildman–Crippen MR) is 102 cm³/mol. The fraction of sp³-hybridized carbons (Fsp3) is 0.286. The molecule has 0 unspecified atom stereocenters. The van der Waals surface area contributed by atoms with Crippen LogP contribution in [-0.4, -0.2) is 17.0 Å². The first-order chi connectivity index (χ1) is 12.2. The summed E-state index contributed by atoms with van der Waals surface area (Å²) in [7, 11) is 0. The van der Waals surface area contributed by atoms with Crippen LogP contribution in [0.4, 0.5) is 5.69 Å². The summed E-state index contributed by atoms with van der Waals surface area (Å²) in [6, 6.07) is 15.7. The summed E-state index contributed by atoms with van der Waals surface area (Å²) in [5.41, 5.74) is 11.2. The van der Waals surface area contributed by atoms with Crippen molar-refractivity contribution in [2.75, 3.05) is 12.3 Å². The Morgan fingerprint density at radius 3 is 2.88 bits per heavy atom. The number of fused-ring (bicyclic) bond motifs is 3. The number of nitrogens with two attached hydrogens (primary N) is 1. The molecule has 0 atom stereocenters. The van der Waals surface area contributed by atoms with Gasteiger partial charge in [0, 0.05) is 40.9 Å². The van der Waals surface area contributed by atoms with E-state index in [1.807, 2.05) is 6.07 Å². The minimum absolute atomic E-state index is 0.0651. The molecule has 1 aromatic heterocycles. The number of carbonyl (C=O) groups is 1. The van der Waals surface area contributed by atoms with Gasteiger partial charge in [-0.05, 0) is 55.5 Å². The molecule has 0 aliphatic carbocycles. The number of aryl methyl sites for hydroxylation is 1. The summed E-state index contributed by atoms with van der Waals surface area (Å²) in [6.45, 7) is 1.74. The molecule has 0 saturated carbocycles. The van der Waals surface area contributed by atoms with Gasteiger partial charge in [0.25, 0.3) is 5.91 Å². The summed E-state index contributed by atoms with van der Waals surface area (Å²) in [5, 5.41) is 4.36. The molecule has 0 bridgehead atoms. The van der Waals surface area contributed by atoms with Crippen LogP contribution in [0.1, 0.15) is 34.5 Å². The summed E-state index contributed by atoms with van der Waals surface area (Å²) in [6.07, 6.45) is 4.49. The van der Waals surface area contributed by atoms with E-state index in [0.717, 1.165) is 19.4 Å². The molecule has 0 fully saturated rings. The van der Waals surface area contributed by atoms with Gasteiger partial charge in [-0.25, -0.2) is 0 Å². The predicted octanol–water partition coefficient (Wildman–Crippen LogP) is 3.53. The number of aromatic nitrogens is 1. The van der Waals surface area contributed by atoms with E-state index in [1.165, 1.54) is 35.0 Å². The van der Waals surface area contributed by atoms with Crippen LogP contribution in [0.3, 0.4) is 0 Å². The average Bonchev–Trinajstić information content (AvgIpc) is 2.96. The lowest BCUT2D eigenvalue weighted by Gasteiger charge is -2.17. The Kier molecular flexibility index (Phi) is 4.18. The van der Waals surface area contributed by atoms with Gasteiger partial charge in [-0.1, -0.05) is 24.3 Å². The second-order valence-corrected chi connectivity index (χ2v) is 6.68. The van der Waals surface area contributed by atoms with E-state index in [2.05, 4.69) is 34.1 Å². The van der Waals surface area contributed by atoms with Crippen LogP contribution < -0.4 is 11.1 Å². The van der Waals surface area contributed by atoms with E-state index < -0.39 is 0 Å². The third-order valence-electron chi connectivity index (χ3n) is 5.05. The van der Waals surface area contributed by atoms with Gasteiger partial charge >= 0.3 is 0 Å². The Balaban J connectivity index is 1.53. The first-order valence-electron chi connectivity index (χ1n) is 8.97. The zero-order valence-corrected chi connectivity index (χ0v) is 14.3. The summed E-state index contributed by atoms with van der Waals surface area (Å²) in [5.74, 6) is -0.0651.